The van der Waals surface area contributed by atoms with Gasteiger partial charge in [-0.05, 0) is 48.1 Å². The first kappa shape index (κ1) is 21.3. The molecule has 0 aliphatic heterocycles. The highest BCUT2D eigenvalue weighted by Crippen LogP contribution is 2.39. The third-order valence-electron chi connectivity index (χ3n) is 6.47. The number of fused-ring (bicyclic) bond motifs is 2. The van der Waals surface area contributed by atoms with E-state index in [0.29, 0.717) is 17.5 Å². The van der Waals surface area contributed by atoms with Gasteiger partial charge in [0.25, 0.3) is 0 Å². The molecule has 1 aliphatic carbocycles. The first-order chi connectivity index (χ1) is 16.7. The zero-order chi connectivity index (χ0) is 23.1. The highest BCUT2D eigenvalue weighted by molar-refractivity contribution is 6.35. The second-order valence-electron chi connectivity index (χ2n) is 8.61. The van der Waals surface area contributed by atoms with Gasteiger partial charge in [-0.25, -0.2) is 9.97 Å². The standard InChI is InChI=1S/C27H22Cl2N4O/c28-18-9-21-19(23(29)10-18)7-4-8-26(21)33-14-25(32-16-33)22-12-30-24-13-31-27(11-20(22)24)34-15-17-5-2-1-3-6-17/h1-3,5-6,9-14,16,26,30H,4,7-8,15H2. The molecule has 3 heterocycles. The van der Waals surface area contributed by atoms with Crippen LogP contribution < -0.4 is 4.74 Å². The molecule has 34 heavy (non-hydrogen) atoms. The van der Waals surface area contributed by atoms with Crippen LogP contribution in [-0.2, 0) is 13.0 Å². The van der Waals surface area contributed by atoms with Gasteiger partial charge in [0.05, 0.1) is 29.8 Å². The number of hydrogen-bond acceptors (Lipinski definition) is 3. The smallest absolute Gasteiger partial charge is 0.214 e. The summed E-state index contributed by atoms with van der Waals surface area (Å²) in [6.07, 6.45) is 10.9. The summed E-state index contributed by atoms with van der Waals surface area (Å²) < 4.78 is 8.12. The van der Waals surface area contributed by atoms with E-state index in [-0.39, 0.29) is 6.04 Å². The first-order valence-corrected chi connectivity index (χ1v) is 12.1. The number of nitrogens with one attached hydrogen (secondary N) is 1. The number of rotatable bonds is 5. The molecular formula is C27H22Cl2N4O. The highest BCUT2D eigenvalue weighted by Gasteiger charge is 2.25. The molecule has 6 rings (SSSR count). The zero-order valence-corrected chi connectivity index (χ0v) is 19.9. The predicted octanol–water partition coefficient (Wildman–Crippen LogP) is 7.24. The maximum Gasteiger partial charge on any atom is 0.214 e. The van der Waals surface area contributed by atoms with E-state index in [9.17, 15) is 0 Å². The third-order valence-corrected chi connectivity index (χ3v) is 7.02. The molecule has 0 fully saturated rings. The fraction of sp³-hybridized carbons (Fsp3) is 0.185. The summed E-state index contributed by atoms with van der Waals surface area (Å²) in [5.74, 6) is 0.585. The molecule has 170 valence electrons. The second kappa shape index (κ2) is 8.82. The van der Waals surface area contributed by atoms with Crippen molar-refractivity contribution in [2.45, 2.75) is 31.9 Å². The number of halogens is 2. The Morgan fingerprint density at radius 1 is 1.09 bits per heavy atom. The van der Waals surface area contributed by atoms with Crippen LogP contribution in [0.3, 0.4) is 0 Å². The van der Waals surface area contributed by atoms with Crippen LogP contribution in [0, 0.1) is 0 Å². The molecule has 3 aromatic heterocycles. The van der Waals surface area contributed by atoms with E-state index in [2.05, 4.69) is 20.7 Å². The van der Waals surface area contributed by atoms with Crippen molar-refractivity contribution < 1.29 is 4.74 Å². The van der Waals surface area contributed by atoms with Crippen molar-refractivity contribution in [2.75, 3.05) is 0 Å². The number of pyridine rings is 1. The molecule has 0 radical (unpaired) electrons. The van der Waals surface area contributed by atoms with Crippen LogP contribution >= 0.6 is 23.2 Å². The lowest BCUT2D eigenvalue weighted by Gasteiger charge is -2.27. The molecular weight excluding hydrogens is 467 g/mol. The van der Waals surface area contributed by atoms with Crippen molar-refractivity contribution in [3.63, 3.8) is 0 Å². The van der Waals surface area contributed by atoms with Gasteiger partial charge in [0.1, 0.15) is 6.61 Å². The third kappa shape index (κ3) is 3.95. The summed E-state index contributed by atoms with van der Waals surface area (Å²) in [6.45, 7) is 0.472. The number of aromatic amines is 1. The number of aromatic nitrogens is 4. The van der Waals surface area contributed by atoms with Crippen molar-refractivity contribution >= 4 is 34.1 Å². The van der Waals surface area contributed by atoms with Crippen molar-refractivity contribution in [3.05, 3.63) is 100 Å². The predicted molar refractivity (Wildman–Crippen MR) is 136 cm³/mol. The zero-order valence-electron chi connectivity index (χ0n) is 18.3. The molecule has 5 nitrogen and oxygen atoms in total. The van der Waals surface area contributed by atoms with Gasteiger partial charge in [-0.15, -0.1) is 0 Å². The summed E-state index contributed by atoms with van der Waals surface area (Å²) in [5.41, 5.74) is 6.33. The van der Waals surface area contributed by atoms with Gasteiger partial charge >= 0.3 is 0 Å². The molecule has 1 unspecified atom stereocenters. The number of benzene rings is 2. The Morgan fingerprint density at radius 2 is 1.97 bits per heavy atom. The van der Waals surface area contributed by atoms with Crippen molar-refractivity contribution in [1.29, 1.82) is 0 Å². The van der Waals surface area contributed by atoms with Gasteiger partial charge < -0.3 is 14.3 Å². The summed E-state index contributed by atoms with van der Waals surface area (Å²) in [5, 5.41) is 2.45. The van der Waals surface area contributed by atoms with E-state index in [4.69, 9.17) is 32.9 Å². The number of imidazole rings is 1. The van der Waals surface area contributed by atoms with Crippen molar-refractivity contribution in [2.24, 2.45) is 0 Å². The lowest BCUT2D eigenvalue weighted by atomic mass is 9.87. The van der Waals surface area contributed by atoms with E-state index in [1.807, 2.05) is 61.1 Å². The van der Waals surface area contributed by atoms with Crippen LogP contribution in [0.5, 0.6) is 5.88 Å². The van der Waals surface area contributed by atoms with Crippen LogP contribution in [0.15, 0.2) is 73.4 Å². The molecule has 5 aromatic rings. The summed E-state index contributed by atoms with van der Waals surface area (Å²) in [4.78, 5) is 12.5. The van der Waals surface area contributed by atoms with Crippen molar-refractivity contribution in [3.8, 4) is 17.1 Å². The van der Waals surface area contributed by atoms with Crippen LogP contribution in [0.1, 0.15) is 35.6 Å². The Balaban J connectivity index is 1.31. The molecule has 0 spiro atoms. The molecule has 0 saturated carbocycles. The Labute approximate surface area is 207 Å². The van der Waals surface area contributed by atoms with E-state index < -0.39 is 0 Å². The fourth-order valence-electron chi connectivity index (χ4n) is 4.79. The number of nitrogens with zero attached hydrogens (tertiary/aromatic N) is 3. The topological polar surface area (TPSA) is 55.7 Å². The number of hydrogen-bond donors (Lipinski definition) is 1. The van der Waals surface area contributed by atoms with Gasteiger partial charge in [0.2, 0.25) is 5.88 Å². The van der Waals surface area contributed by atoms with Crippen LogP contribution in [-0.4, -0.2) is 19.5 Å². The maximum atomic E-state index is 6.50. The fourth-order valence-corrected chi connectivity index (χ4v) is 5.40. The molecule has 2 aromatic carbocycles. The number of ether oxygens (including phenoxy) is 1. The van der Waals surface area contributed by atoms with Crippen molar-refractivity contribution in [1.82, 2.24) is 19.5 Å². The summed E-state index contributed by atoms with van der Waals surface area (Å²) in [7, 11) is 0. The molecule has 7 heteroatoms. The van der Waals surface area contributed by atoms with E-state index in [1.165, 1.54) is 11.1 Å². The summed E-state index contributed by atoms with van der Waals surface area (Å²) in [6, 6.07) is 16.1. The van der Waals surface area contributed by atoms with Gasteiger partial charge in [-0.2, -0.15) is 0 Å². The SMILES string of the molecule is Clc1cc(Cl)c2c(c1)C(n1cnc(-c3c[nH]c4cnc(OCc5ccccc5)cc34)c1)CCC2. The van der Waals surface area contributed by atoms with Gasteiger partial charge in [0.15, 0.2) is 0 Å². The number of H-pyrrole nitrogens is 1. The highest BCUT2D eigenvalue weighted by atomic mass is 35.5. The minimum absolute atomic E-state index is 0.165. The normalized spacial score (nSPS) is 15.4. The van der Waals surface area contributed by atoms with E-state index in [0.717, 1.165) is 52.0 Å². The van der Waals surface area contributed by atoms with E-state index >= 15 is 0 Å². The Morgan fingerprint density at radius 3 is 2.85 bits per heavy atom. The maximum absolute atomic E-state index is 6.50. The lowest BCUT2D eigenvalue weighted by Crippen LogP contribution is -2.16. The van der Waals surface area contributed by atoms with Gasteiger partial charge in [0, 0.05) is 39.5 Å². The molecule has 1 atom stereocenters. The monoisotopic (exact) mass is 488 g/mol. The summed E-state index contributed by atoms with van der Waals surface area (Å²) >= 11 is 12.8. The largest absolute Gasteiger partial charge is 0.473 e. The minimum Gasteiger partial charge on any atom is -0.473 e. The molecule has 1 N–H and O–H groups in total. The average Bonchev–Trinajstić information content (AvgIpc) is 3.50. The average molecular weight is 489 g/mol. The van der Waals surface area contributed by atoms with Gasteiger partial charge in [-0.3, -0.25) is 0 Å². The van der Waals surface area contributed by atoms with Crippen LogP contribution in [0.4, 0.5) is 0 Å². The first-order valence-electron chi connectivity index (χ1n) is 11.3. The van der Waals surface area contributed by atoms with Crippen LogP contribution in [0.2, 0.25) is 10.0 Å². The molecule has 1 aliphatic rings. The molecule has 0 bridgehead atoms. The second-order valence-corrected chi connectivity index (χ2v) is 9.46. The molecule has 0 saturated heterocycles. The Bertz CT molecular complexity index is 1480. The van der Waals surface area contributed by atoms with Crippen LogP contribution in [0.25, 0.3) is 22.2 Å². The minimum atomic E-state index is 0.165. The lowest BCUT2D eigenvalue weighted by molar-refractivity contribution is 0.294. The Hall–Kier alpha value is -3.28. The Kier molecular flexibility index (Phi) is 5.52. The van der Waals surface area contributed by atoms with Gasteiger partial charge in [-0.1, -0.05) is 53.5 Å². The van der Waals surface area contributed by atoms with E-state index in [1.54, 1.807) is 6.20 Å². The molecule has 0 amide bonds. The quantitative estimate of drug-likeness (QED) is 0.283.